The first-order valence-electron chi connectivity index (χ1n) is 10.0. The number of allylic oxidation sites excluding steroid dienone is 3. The topological polar surface area (TPSA) is 117 Å². The molecule has 2 atom stereocenters. The van der Waals surface area contributed by atoms with Crippen LogP contribution in [-0.2, 0) is 6.54 Å². The molecule has 2 unspecified atom stereocenters. The van der Waals surface area contributed by atoms with Crippen molar-refractivity contribution >= 4 is 16.9 Å². The average molecular weight is 414 g/mol. The summed E-state index contributed by atoms with van der Waals surface area (Å²) in [6.07, 6.45) is 7.28. The van der Waals surface area contributed by atoms with Crippen LogP contribution in [-0.4, -0.2) is 17.2 Å². The van der Waals surface area contributed by atoms with Crippen molar-refractivity contribution in [2.75, 3.05) is 0 Å². The van der Waals surface area contributed by atoms with E-state index in [0.29, 0.717) is 23.4 Å². The predicted octanol–water partition coefficient (Wildman–Crippen LogP) is 2.12. The molecule has 8 nitrogen and oxygen atoms in total. The van der Waals surface area contributed by atoms with E-state index in [0.717, 1.165) is 16.8 Å². The lowest BCUT2D eigenvalue weighted by atomic mass is 10.1. The Morgan fingerprint density at radius 1 is 1.13 bits per heavy atom. The van der Waals surface area contributed by atoms with E-state index in [1.807, 2.05) is 48.7 Å². The number of fused-ring (bicyclic) bond motifs is 1. The summed E-state index contributed by atoms with van der Waals surface area (Å²) >= 11 is 0. The van der Waals surface area contributed by atoms with Gasteiger partial charge in [0, 0.05) is 18.1 Å². The minimum absolute atomic E-state index is 0.181. The normalized spacial score (nSPS) is 20.1. The Morgan fingerprint density at radius 3 is 2.84 bits per heavy atom. The first kappa shape index (κ1) is 19.1. The second-order valence-corrected chi connectivity index (χ2v) is 7.35. The van der Waals surface area contributed by atoms with E-state index in [1.54, 1.807) is 12.1 Å². The number of hydrogen-bond acceptors (Lipinski definition) is 7. The summed E-state index contributed by atoms with van der Waals surface area (Å²) in [6, 6.07) is 15.5. The molecule has 8 heteroatoms. The molecule has 0 radical (unpaired) electrons. The highest BCUT2D eigenvalue weighted by Crippen LogP contribution is 2.28. The zero-order chi connectivity index (χ0) is 21.2. The number of carbonyl (C=O) groups is 1. The highest BCUT2D eigenvalue weighted by Gasteiger charge is 2.31. The van der Waals surface area contributed by atoms with E-state index < -0.39 is 5.91 Å². The number of carbonyl (C=O) groups excluding carboxylic acids is 1. The first-order valence-corrected chi connectivity index (χ1v) is 10.0. The van der Waals surface area contributed by atoms with E-state index in [4.69, 9.17) is 10.3 Å². The van der Waals surface area contributed by atoms with Gasteiger partial charge in [0.2, 0.25) is 0 Å². The number of nitrogens with two attached hydrogens (primary N) is 1. The molecule has 1 amide bonds. The maximum atomic E-state index is 11.8. The monoisotopic (exact) mass is 414 g/mol. The Morgan fingerprint density at radius 2 is 2.00 bits per heavy atom. The van der Waals surface area contributed by atoms with Gasteiger partial charge in [-0.25, -0.2) is 0 Å². The molecule has 0 fully saturated rings. The summed E-state index contributed by atoms with van der Waals surface area (Å²) in [6.45, 7) is 0.683. The summed E-state index contributed by atoms with van der Waals surface area (Å²) in [4.78, 5) is 11.8. The third-order valence-corrected chi connectivity index (χ3v) is 5.34. The van der Waals surface area contributed by atoms with Gasteiger partial charge >= 0.3 is 0 Å². The molecule has 0 saturated heterocycles. The van der Waals surface area contributed by atoms with E-state index in [-0.39, 0.29) is 12.3 Å². The predicted molar refractivity (Wildman–Crippen MR) is 117 cm³/mol. The maximum Gasteiger partial charge on any atom is 0.252 e. The van der Waals surface area contributed by atoms with Crippen molar-refractivity contribution in [1.82, 2.24) is 26.4 Å². The fraction of sp³-hybridized carbons (Fsp3) is 0.130. The minimum Gasteiger partial charge on any atom is -0.365 e. The minimum atomic E-state index is -0.549. The number of benzene rings is 2. The zero-order valence-electron chi connectivity index (χ0n) is 16.6. The number of hydrogen-bond donors (Lipinski definition) is 5. The molecule has 2 aromatic carbocycles. The second-order valence-electron chi connectivity index (χ2n) is 7.35. The van der Waals surface area contributed by atoms with Gasteiger partial charge in [-0.3, -0.25) is 15.4 Å². The Hall–Kier alpha value is -3.88. The fourth-order valence-corrected chi connectivity index (χ4v) is 3.83. The largest absolute Gasteiger partial charge is 0.365 e. The van der Waals surface area contributed by atoms with E-state index in [9.17, 15) is 4.79 Å². The van der Waals surface area contributed by atoms with Gasteiger partial charge in [0.1, 0.15) is 18.0 Å². The van der Waals surface area contributed by atoms with Crippen molar-refractivity contribution in [2.45, 2.75) is 18.9 Å². The van der Waals surface area contributed by atoms with Gasteiger partial charge in [-0.1, -0.05) is 47.6 Å². The number of aromatic nitrogens is 1. The van der Waals surface area contributed by atoms with E-state index in [2.05, 4.69) is 38.6 Å². The van der Waals surface area contributed by atoms with Crippen molar-refractivity contribution in [3.05, 3.63) is 101 Å². The first-order chi connectivity index (χ1) is 15.2. The molecule has 2 aliphatic heterocycles. The summed E-state index contributed by atoms with van der Waals surface area (Å²) in [7, 11) is 0. The number of para-hydroxylation sites is 1. The Kier molecular flexibility index (Phi) is 4.99. The highest BCUT2D eigenvalue weighted by atomic mass is 16.5. The van der Waals surface area contributed by atoms with Crippen LogP contribution in [0.2, 0.25) is 0 Å². The fourth-order valence-electron chi connectivity index (χ4n) is 3.83. The van der Waals surface area contributed by atoms with Crippen LogP contribution >= 0.6 is 0 Å². The van der Waals surface area contributed by atoms with Crippen molar-refractivity contribution in [1.29, 1.82) is 0 Å². The van der Waals surface area contributed by atoms with Crippen molar-refractivity contribution in [3.63, 3.8) is 0 Å². The molecule has 3 aromatic rings. The second kappa shape index (κ2) is 8.10. The zero-order valence-corrected chi connectivity index (χ0v) is 16.6. The Bertz CT molecular complexity index is 1210. The third kappa shape index (κ3) is 3.70. The Balaban J connectivity index is 1.48. The van der Waals surface area contributed by atoms with Crippen LogP contribution in [0.4, 0.5) is 0 Å². The van der Waals surface area contributed by atoms with Gasteiger partial charge in [0.05, 0.1) is 17.0 Å². The Labute approximate surface area is 178 Å². The van der Waals surface area contributed by atoms with Gasteiger partial charge in [0.25, 0.3) is 5.91 Å². The smallest absolute Gasteiger partial charge is 0.252 e. The number of primary amides is 1. The maximum absolute atomic E-state index is 11.8. The van der Waals surface area contributed by atoms with Gasteiger partial charge in [-0.15, -0.1) is 0 Å². The van der Waals surface area contributed by atoms with Crippen LogP contribution in [0.1, 0.15) is 27.8 Å². The van der Waals surface area contributed by atoms with Gasteiger partial charge < -0.3 is 20.9 Å². The molecule has 2 aliphatic rings. The number of rotatable bonds is 5. The number of nitrogens with zero attached hydrogens (tertiary/aromatic N) is 1. The van der Waals surface area contributed by atoms with Crippen molar-refractivity contribution < 1.29 is 9.32 Å². The SMILES string of the molecule is NC(=O)c1cccc2c(C3NC4=C(NC=CC=C4)C(NCc4ccccc4)N3)noc12. The highest BCUT2D eigenvalue weighted by molar-refractivity contribution is 6.04. The van der Waals surface area contributed by atoms with Gasteiger partial charge in [0.15, 0.2) is 5.58 Å². The van der Waals surface area contributed by atoms with Crippen LogP contribution in [0.25, 0.3) is 11.0 Å². The molecular weight excluding hydrogens is 392 g/mol. The van der Waals surface area contributed by atoms with Crippen LogP contribution < -0.4 is 27.0 Å². The van der Waals surface area contributed by atoms with Crippen LogP contribution in [0.15, 0.2) is 88.9 Å². The molecule has 0 bridgehead atoms. The number of nitrogens with one attached hydrogen (secondary N) is 4. The lowest BCUT2D eigenvalue weighted by Gasteiger charge is -2.35. The van der Waals surface area contributed by atoms with Gasteiger partial charge in [-0.2, -0.15) is 0 Å². The van der Waals surface area contributed by atoms with Crippen molar-refractivity contribution in [2.24, 2.45) is 5.73 Å². The van der Waals surface area contributed by atoms with E-state index in [1.165, 1.54) is 5.56 Å². The summed E-state index contributed by atoms with van der Waals surface area (Å²) < 4.78 is 5.51. The molecular formula is C23H22N6O2. The summed E-state index contributed by atoms with van der Waals surface area (Å²) in [5, 5.41) is 18.9. The standard InChI is InChI=1S/C23H22N6O2/c24-21(30)16-10-6-9-15-18(29-31-20(15)16)23-27-17-11-4-5-12-25-19(17)22(28-23)26-13-14-7-2-1-3-8-14/h1-12,22-23,25-28H,13H2,(H2,24,30). The van der Waals surface area contributed by atoms with Crippen LogP contribution in [0.5, 0.6) is 0 Å². The molecule has 5 rings (SSSR count). The molecule has 6 N–H and O–H groups in total. The number of amides is 1. The lowest BCUT2D eigenvalue weighted by molar-refractivity contribution is 0.100. The summed E-state index contributed by atoms with van der Waals surface area (Å²) in [5.41, 5.74) is 9.93. The quantitative estimate of drug-likeness (QED) is 0.434. The molecule has 0 aliphatic carbocycles. The molecule has 0 saturated carbocycles. The summed E-state index contributed by atoms with van der Waals surface area (Å²) in [5.74, 6) is -0.549. The van der Waals surface area contributed by atoms with Gasteiger partial charge in [-0.05, 0) is 29.8 Å². The molecule has 31 heavy (non-hydrogen) atoms. The third-order valence-electron chi connectivity index (χ3n) is 5.34. The van der Waals surface area contributed by atoms with Crippen molar-refractivity contribution in [3.8, 4) is 0 Å². The molecule has 3 heterocycles. The van der Waals surface area contributed by atoms with Crippen LogP contribution in [0.3, 0.4) is 0 Å². The average Bonchev–Trinajstić information content (AvgIpc) is 3.08. The molecule has 0 spiro atoms. The van der Waals surface area contributed by atoms with Crippen LogP contribution in [0, 0.1) is 0 Å². The lowest BCUT2D eigenvalue weighted by Crippen LogP contribution is -2.55. The molecule has 156 valence electrons. The molecule has 1 aromatic heterocycles. The van der Waals surface area contributed by atoms with E-state index >= 15 is 0 Å².